The molecule has 30 heavy (non-hydrogen) atoms. The molecule has 0 amide bonds. The number of piperazine rings is 1. The molecule has 1 aliphatic rings. The van der Waals surface area contributed by atoms with Crippen molar-refractivity contribution >= 4 is 23.1 Å². The summed E-state index contributed by atoms with van der Waals surface area (Å²) in [5, 5.41) is 5.48. The average Bonchev–Trinajstić information content (AvgIpc) is 3.20. The van der Waals surface area contributed by atoms with Gasteiger partial charge in [0.1, 0.15) is 5.82 Å². The molecule has 1 saturated heterocycles. The summed E-state index contributed by atoms with van der Waals surface area (Å²) >= 11 is 6.01. The van der Waals surface area contributed by atoms with Gasteiger partial charge in [-0.3, -0.25) is 4.90 Å². The molecule has 1 fully saturated rings. The van der Waals surface area contributed by atoms with Crippen molar-refractivity contribution in [2.45, 2.75) is 13.5 Å². The Morgan fingerprint density at radius 3 is 2.40 bits per heavy atom. The van der Waals surface area contributed by atoms with Gasteiger partial charge in [-0.2, -0.15) is 9.61 Å². The standard InChI is InChI=1S/C24H24ClN5/c1-18-15-23(30-24(27-18)22(16-26-30)20-5-3-2-4-6-20)29-13-11-28(12-14-29)17-19-7-9-21(25)10-8-19/h2-10,15-16H,11-14,17H2,1H3. The minimum Gasteiger partial charge on any atom is -0.354 e. The van der Waals surface area contributed by atoms with Crippen LogP contribution >= 0.6 is 11.6 Å². The highest BCUT2D eigenvalue weighted by Crippen LogP contribution is 2.27. The van der Waals surface area contributed by atoms with E-state index in [9.17, 15) is 0 Å². The lowest BCUT2D eigenvalue weighted by atomic mass is 10.1. The van der Waals surface area contributed by atoms with Gasteiger partial charge >= 0.3 is 0 Å². The van der Waals surface area contributed by atoms with E-state index in [4.69, 9.17) is 21.7 Å². The first-order chi connectivity index (χ1) is 14.7. The highest BCUT2D eigenvalue weighted by atomic mass is 35.5. The summed E-state index contributed by atoms with van der Waals surface area (Å²) in [6.07, 6.45) is 1.93. The second-order valence-corrected chi connectivity index (χ2v) is 8.24. The maximum absolute atomic E-state index is 6.01. The molecule has 0 atom stereocenters. The molecule has 0 aliphatic carbocycles. The number of benzene rings is 2. The molecule has 1 aliphatic heterocycles. The lowest BCUT2D eigenvalue weighted by molar-refractivity contribution is 0.249. The summed E-state index contributed by atoms with van der Waals surface area (Å²) in [4.78, 5) is 9.71. The molecular weight excluding hydrogens is 394 g/mol. The molecule has 5 nitrogen and oxygen atoms in total. The number of rotatable bonds is 4. The number of aryl methyl sites for hydroxylation is 1. The number of nitrogens with zero attached hydrogens (tertiary/aromatic N) is 5. The van der Waals surface area contributed by atoms with Crippen molar-refractivity contribution in [3.63, 3.8) is 0 Å². The normalized spacial score (nSPS) is 15.1. The molecule has 2 aromatic heterocycles. The van der Waals surface area contributed by atoms with Gasteiger partial charge in [0.15, 0.2) is 5.65 Å². The predicted octanol–water partition coefficient (Wildman–Crippen LogP) is 4.68. The van der Waals surface area contributed by atoms with Crippen LogP contribution in [0.5, 0.6) is 0 Å². The van der Waals surface area contributed by atoms with Crippen LogP contribution in [0.1, 0.15) is 11.3 Å². The van der Waals surface area contributed by atoms with Crippen LogP contribution in [0.4, 0.5) is 5.82 Å². The Morgan fingerprint density at radius 1 is 0.933 bits per heavy atom. The topological polar surface area (TPSA) is 36.7 Å². The monoisotopic (exact) mass is 417 g/mol. The van der Waals surface area contributed by atoms with Crippen molar-refractivity contribution in [1.29, 1.82) is 0 Å². The summed E-state index contributed by atoms with van der Waals surface area (Å²) < 4.78 is 1.99. The molecule has 4 aromatic rings. The van der Waals surface area contributed by atoms with E-state index >= 15 is 0 Å². The van der Waals surface area contributed by atoms with Crippen LogP contribution in [-0.2, 0) is 6.54 Å². The summed E-state index contributed by atoms with van der Waals surface area (Å²) in [5.41, 5.74) is 5.44. The summed E-state index contributed by atoms with van der Waals surface area (Å²) in [6.45, 7) is 6.97. The van der Waals surface area contributed by atoms with E-state index in [-0.39, 0.29) is 0 Å². The van der Waals surface area contributed by atoms with E-state index in [2.05, 4.69) is 59.2 Å². The SMILES string of the molecule is Cc1cc(N2CCN(Cc3ccc(Cl)cc3)CC2)n2ncc(-c3ccccc3)c2n1. The van der Waals surface area contributed by atoms with E-state index in [1.54, 1.807) is 0 Å². The van der Waals surface area contributed by atoms with Gasteiger partial charge in [0.25, 0.3) is 0 Å². The zero-order valence-corrected chi connectivity index (χ0v) is 17.8. The van der Waals surface area contributed by atoms with E-state index in [1.807, 2.05) is 28.9 Å². The van der Waals surface area contributed by atoms with Gasteiger partial charge in [0.2, 0.25) is 0 Å². The second-order valence-electron chi connectivity index (χ2n) is 7.81. The number of aromatic nitrogens is 3. The molecule has 3 heterocycles. The largest absolute Gasteiger partial charge is 0.354 e. The molecule has 0 N–H and O–H groups in total. The van der Waals surface area contributed by atoms with Crippen molar-refractivity contribution in [3.05, 3.63) is 83.1 Å². The number of halogens is 1. The third kappa shape index (κ3) is 3.78. The molecule has 5 rings (SSSR count). The van der Waals surface area contributed by atoms with Crippen LogP contribution in [0.2, 0.25) is 5.02 Å². The summed E-state index contributed by atoms with van der Waals surface area (Å²) in [6, 6.07) is 20.6. The maximum Gasteiger partial charge on any atom is 0.165 e. The van der Waals surface area contributed by atoms with Crippen LogP contribution in [0.3, 0.4) is 0 Å². The molecule has 152 valence electrons. The molecule has 2 aromatic carbocycles. The Labute approximate surface area is 181 Å². The summed E-state index contributed by atoms with van der Waals surface area (Å²) in [5.74, 6) is 1.12. The molecule has 0 spiro atoms. The quantitative estimate of drug-likeness (QED) is 0.483. The number of anilines is 1. The zero-order chi connectivity index (χ0) is 20.5. The molecule has 0 bridgehead atoms. The van der Waals surface area contributed by atoms with Crippen LogP contribution in [0.15, 0.2) is 66.9 Å². The smallest absolute Gasteiger partial charge is 0.165 e. The van der Waals surface area contributed by atoms with Crippen LogP contribution in [0, 0.1) is 6.92 Å². The lowest BCUT2D eigenvalue weighted by Crippen LogP contribution is -2.46. The van der Waals surface area contributed by atoms with E-state index < -0.39 is 0 Å². The molecule has 6 heteroatoms. The van der Waals surface area contributed by atoms with Crippen LogP contribution in [0.25, 0.3) is 16.8 Å². The molecule has 0 saturated carbocycles. The number of hydrogen-bond donors (Lipinski definition) is 0. The number of fused-ring (bicyclic) bond motifs is 1. The second kappa shape index (κ2) is 8.09. The lowest BCUT2D eigenvalue weighted by Gasteiger charge is -2.36. The van der Waals surface area contributed by atoms with Gasteiger partial charge in [-0.1, -0.05) is 54.1 Å². The Morgan fingerprint density at radius 2 is 1.67 bits per heavy atom. The van der Waals surface area contributed by atoms with Crippen molar-refractivity contribution in [3.8, 4) is 11.1 Å². The predicted molar refractivity (Wildman–Crippen MR) is 122 cm³/mol. The van der Waals surface area contributed by atoms with Crippen LogP contribution < -0.4 is 4.90 Å². The first-order valence-electron chi connectivity index (χ1n) is 10.3. The third-order valence-electron chi connectivity index (χ3n) is 5.68. The molecule has 0 unspecified atom stereocenters. The van der Waals surface area contributed by atoms with E-state index in [1.165, 1.54) is 5.56 Å². The van der Waals surface area contributed by atoms with Gasteiger partial charge in [-0.25, -0.2) is 4.98 Å². The Hall–Kier alpha value is -2.89. The van der Waals surface area contributed by atoms with E-state index in [0.29, 0.717) is 0 Å². The van der Waals surface area contributed by atoms with Gasteiger partial charge in [-0.15, -0.1) is 0 Å². The fourth-order valence-corrected chi connectivity index (χ4v) is 4.22. The van der Waals surface area contributed by atoms with Crippen molar-refractivity contribution < 1.29 is 0 Å². The average molecular weight is 418 g/mol. The van der Waals surface area contributed by atoms with Crippen LogP contribution in [-0.4, -0.2) is 45.7 Å². The fourth-order valence-electron chi connectivity index (χ4n) is 4.09. The molecular formula is C24H24ClN5. The highest BCUT2D eigenvalue weighted by molar-refractivity contribution is 6.30. The van der Waals surface area contributed by atoms with Gasteiger partial charge in [0, 0.05) is 55.1 Å². The maximum atomic E-state index is 6.01. The minimum absolute atomic E-state index is 0.787. The number of hydrogen-bond acceptors (Lipinski definition) is 4. The van der Waals surface area contributed by atoms with E-state index in [0.717, 1.165) is 66.0 Å². The van der Waals surface area contributed by atoms with Crippen molar-refractivity contribution in [1.82, 2.24) is 19.5 Å². The third-order valence-corrected chi connectivity index (χ3v) is 5.93. The Kier molecular flexibility index (Phi) is 5.15. The fraction of sp³-hybridized carbons (Fsp3) is 0.250. The van der Waals surface area contributed by atoms with Gasteiger partial charge in [-0.05, 0) is 30.2 Å². The van der Waals surface area contributed by atoms with Crippen molar-refractivity contribution in [2.24, 2.45) is 0 Å². The van der Waals surface area contributed by atoms with Crippen molar-refractivity contribution in [2.75, 3.05) is 31.1 Å². The Bertz CT molecular complexity index is 1150. The molecule has 0 radical (unpaired) electrons. The van der Waals surface area contributed by atoms with Gasteiger partial charge < -0.3 is 4.90 Å². The van der Waals surface area contributed by atoms with Gasteiger partial charge in [0.05, 0.1) is 6.20 Å². The first kappa shape index (κ1) is 19.1. The highest BCUT2D eigenvalue weighted by Gasteiger charge is 2.21. The minimum atomic E-state index is 0.787. The Balaban J connectivity index is 1.37. The zero-order valence-electron chi connectivity index (χ0n) is 17.0. The summed E-state index contributed by atoms with van der Waals surface area (Å²) in [7, 11) is 0. The first-order valence-corrected chi connectivity index (χ1v) is 10.7.